The molecule has 1 aromatic heterocycles. The van der Waals surface area contributed by atoms with Gasteiger partial charge in [0.1, 0.15) is 0 Å². The Labute approximate surface area is 171 Å². The number of nitrogens with two attached hydrogens (primary N) is 2. The number of rotatable bonds is 4. The largest absolute Gasteiger partial charge is 0.481 e. The van der Waals surface area contributed by atoms with E-state index < -0.39 is 5.97 Å². The lowest BCUT2D eigenvalue weighted by Gasteiger charge is -2.35. The molecule has 10 heteroatoms. The second-order valence-electron chi connectivity index (χ2n) is 8.48. The Morgan fingerprint density at radius 1 is 0.690 bits per heavy atom. The normalized spacial score (nSPS) is 22.9. The Balaban J connectivity index is 1.57. The maximum absolute atomic E-state index is 11.3. The highest BCUT2D eigenvalue weighted by molar-refractivity contribution is 5.70. The monoisotopic (exact) mass is 404 g/mol. The third-order valence-corrected chi connectivity index (χ3v) is 6.37. The van der Waals surface area contributed by atoms with E-state index >= 15 is 0 Å². The minimum absolute atomic E-state index is 0.241. The van der Waals surface area contributed by atoms with Gasteiger partial charge in [0.15, 0.2) is 0 Å². The van der Waals surface area contributed by atoms with Crippen LogP contribution in [0.1, 0.15) is 38.5 Å². The number of carboxylic acid groups (broad SMARTS) is 1. The molecule has 0 bridgehead atoms. The van der Waals surface area contributed by atoms with E-state index in [0.717, 1.165) is 51.9 Å². The average Bonchev–Trinajstić information content (AvgIpc) is 2.74. The molecular weight excluding hydrogens is 372 g/mol. The molecule has 4 rings (SSSR count). The zero-order valence-electron chi connectivity index (χ0n) is 16.9. The van der Waals surface area contributed by atoms with Gasteiger partial charge in [-0.15, -0.1) is 0 Å². The second kappa shape index (κ2) is 8.66. The first kappa shape index (κ1) is 20.1. The van der Waals surface area contributed by atoms with Crippen molar-refractivity contribution in [2.45, 2.75) is 50.6 Å². The standard InChI is InChI=1S/C19H32N8O2/c20-14-3-9-26(10-4-14)18-22-17(25-7-1-13(2-8-25)16(28)29)23-19(24-18)27-11-5-15(21)6-12-27/h13-15H,1-12,20-21H2,(H,28,29). The summed E-state index contributed by atoms with van der Waals surface area (Å²) >= 11 is 0. The molecule has 0 amide bonds. The van der Waals surface area contributed by atoms with Crippen molar-refractivity contribution in [2.24, 2.45) is 17.4 Å². The van der Waals surface area contributed by atoms with Crippen molar-refractivity contribution in [3.05, 3.63) is 0 Å². The number of piperidine rings is 3. The predicted molar refractivity (Wildman–Crippen MR) is 111 cm³/mol. The van der Waals surface area contributed by atoms with Gasteiger partial charge in [-0.05, 0) is 38.5 Å². The van der Waals surface area contributed by atoms with E-state index in [1.54, 1.807) is 0 Å². The molecule has 0 atom stereocenters. The van der Waals surface area contributed by atoms with Gasteiger partial charge >= 0.3 is 5.97 Å². The third kappa shape index (κ3) is 4.69. The van der Waals surface area contributed by atoms with Crippen LogP contribution < -0.4 is 26.2 Å². The van der Waals surface area contributed by atoms with Crippen LogP contribution in [0.3, 0.4) is 0 Å². The predicted octanol–water partition coefficient (Wildman–Crippen LogP) is 0.0276. The molecule has 0 radical (unpaired) electrons. The Kier molecular flexibility index (Phi) is 6.00. The molecule has 1 aromatic rings. The van der Waals surface area contributed by atoms with Gasteiger partial charge in [-0.3, -0.25) is 4.79 Å². The van der Waals surface area contributed by atoms with Crippen LogP contribution in [0, 0.1) is 5.92 Å². The van der Waals surface area contributed by atoms with Gasteiger partial charge in [0.05, 0.1) is 5.92 Å². The SMILES string of the molecule is NC1CCN(c2nc(N3CCC(N)CC3)nc(N3CCC(C(=O)O)CC3)n2)CC1. The van der Waals surface area contributed by atoms with Gasteiger partial charge in [-0.2, -0.15) is 15.0 Å². The first-order chi connectivity index (χ1) is 14.0. The number of hydrogen-bond acceptors (Lipinski definition) is 9. The van der Waals surface area contributed by atoms with Gasteiger partial charge in [0, 0.05) is 51.4 Å². The first-order valence-corrected chi connectivity index (χ1v) is 10.7. The summed E-state index contributed by atoms with van der Waals surface area (Å²) in [6.07, 6.45) is 4.95. The molecule has 3 fully saturated rings. The summed E-state index contributed by atoms with van der Waals surface area (Å²) < 4.78 is 0. The van der Waals surface area contributed by atoms with Crippen molar-refractivity contribution >= 4 is 23.8 Å². The minimum atomic E-state index is -0.712. The Morgan fingerprint density at radius 3 is 1.31 bits per heavy atom. The maximum Gasteiger partial charge on any atom is 0.306 e. The highest BCUT2D eigenvalue weighted by atomic mass is 16.4. The van der Waals surface area contributed by atoms with E-state index in [-0.39, 0.29) is 18.0 Å². The van der Waals surface area contributed by atoms with E-state index in [1.807, 2.05) is 0 Å². The molecule has 3 aliphatic rings. The lowest BCUT2D eigenvalue weighted by molar-refractivity contribution is -0.142. The Bertz CT molecular complexity index is 668. The van der Waals surface area contributed by atoms with Crippen LogP contribution in [0.2, 0.25) is 0 Å². The lowest BCUT2D eigenvalue weighted by Crippen LogP contribution is -2.43. The van der Waals surface area contributed by atoms with Crippen molar-refractivity contribution in [3.8, 4) is 0 Å². The molecule has 3 saturated heterocycles. The topological polar surface area (TPSA) is 138 Å². The molecule has 29 heavy (non-hydrogen) atoms. The van der Waals surface area contributed by atoms with Crippen LogP contribution in [0.15, 0.2) is 0 Å². The van der Waals surface area contributed by atoms with Crippen LogP contribution >= 0.6 is 0 Å². The van der Waals surface area contributed by atoms with Crippen LogP contribution in [0.25, 0.3) is 0 Å². The summed E-state index contributed by atoms with van der Waals surface area (Å²) in [5.41, 5.74) is 12.1. The van der Waals surface area contributed by atoms with Crippen molar-refractivity contribution in [1.82, 2.24) is 15.0 Å². The highest BCUT2D eigenvalue weighted by Gasteiger charge is 2.29. The number of aliphatic carboxylic acids is 1. The molecule has 0 aliphatic carbocycles. The van der Waals surface area contributed by atoms with Crippen molar-refractivity contribution in [3.63, 3.8) is 0 Å². The fourth-order valence-corrected chi connectivity index (χ4v) is 4.29. The zero-order chi connectivity index (χ0) is 20.4. The second-order valence-corrected chi connectivity index (χ2v) is 8.48. The molecule has 5 N–H and O–H groups in total. The van der Waals surface area contributed by atoms with Crippen molar-refractivity contribution < 1.29 is 9.90 Å². The molecule has 0 spiro atoms. The van der Waals surface area contributed by atoms with Crippen molar-refractivity contribution in [2.75, 3.05) is 54.0 Å². The molecular formula is C19H32N8O2. The highest BCUT2D eigenvalue weighted by Crippen LogP contribution is 2.26. The summed E-state index contributed by atoms with van der Waals surface area (Å²) in [6, 6.07) is 0.483. The minimum Gasteiger partial charge on any atom is -0.481 e. The van der Waals surface area contributed by atoms with Crippen LogP contribution in [-0.4, -0.2) is 77.4 Å². The molecule has 160 valence electrons. The number of carboxylic acids is 1. The van der Waals surface area contributed by atoms with Gasteiger partial charge in [-0.1, -0.05) is 0 Å². The van der Waals surface area contributed by atoms with Gasteiger partial charge in [0.25, 0.3) is 0 Å². The lowest BCUT2D eigenvalue weighted by atomic mass is 9.97. The first-order valence-electron chi connectivity index (χ1n) is 10.7. The summed E-state index contributed by atoms with van der Waals surface area (Å²) in [5, 5.41) is 9.27. The van der Waals surface area contributed by atoms with Gasteiger partial charge in [-0.25, -0.2) is 0 Å². The Morgan fingerprint density at radius 2 is 1.00 bits per heavy atom. The molecule has 0 saturated carbocycles. The maximum atomic E-state index is 11.3. The zero-order valence-corrected chi connectivity index (χ0v) is 16.9. The van der Waals surface area contributed by atoms with E-state index in [0.29, 0.717) is 43.8 Å². The van der Waals surface area contributed by atoms with Crippen LogP contribution in [0.5, 0.6) is 0 Å². The van der Waals surface area contributed by atoms with E-state index in [9.17, 15) is 9.90 Å². The Hall–Kier alpha value is -2.20. The van der Waals surface area contributed by atoms with Crippen molar-refractivity contribution in [1.29, 1.82) is 0 Å². The fraction of sp³-hybridized carbons (Fsp3) is 0.789. The number of nitrogens with zero attached hydrogens (tertiary/aromatic N) is 6. The van der Waals surface area contributed by atoms with E-state index in [4.69, 9.17) is 26.4 Å². The number of carbonyl (C=O) groups is 1. The molecule has 0 unspecified atom stereocenters. The third-order valence-electron chi connectivity index (χ3n) is 6.37. The smallest absolute Gasteiger partial charge is 0.306 e. The summed E-state index contributed by atoms with van der Waals surface area (Å²) in [5.74, 6) is 1.06. The number of aromatic nitrogens is 3. The number of hydrogen-bond donors (Lipinski definition) is 3. The fourth-order valence-electron chi connectivity index (χ4n) is 4.29. The van der Waals surface area contributed by atoms with E-state index in [1.165, 1.54) is 0 Å². The molecule has 10 nitrogen and oxygen atoms in total. The molecule has 4 heterocycles. The van der Waals surface area contributed by atoms with Crippen LogP contribution in [-0.2, 0) is 4.79 Å². The summed E-state index contributed by atoms with van der Waals surface area (Å²) in [6.45, 7) is 4.67. The average molecular weight is 405 g/mol. The number of anilines is 3. The summed E-state index contributed by atoms with van der Waals surface area (Å²) in [7, 11) is 0. The quantitative estimate of drug-likeness (QED) is 0.630. The van der Waals surface area contributed by atoms with Gasteiger partial charge in [0.2, 0.25) is 17.8 Å². The van der Waals surface area contributed by atoms with E-state index in [2.05, 4.69) is 14.7 Å². The van der Waals surface area contributed by atoms with Crippen LogP contribution in [0.4, 0.5) is 17.8 Å². The molecule has 0 aromatic carbocycles. The molecule has 3 aliphatic heterocycles. The summed E-state index contributed by atoms with van der Waals surface area (Å²) in [4.78, 5) is 32.1. The van der Waals surface area contributed by atoms with Gasteiger partial charge < -0.3 is 31.3 Å².